The van der Waals surface area contributed by atoms with Gasteiger partial charge in [-0.25, -0.2) is 9.59 Å². The van der Waals surface area contributed by atoms with Crippen LogP contribution in [0.5, 0.6) is 0 Å². The average molecular weight is 365 g/mol. The fraction of sp³-hybridized carbons (Fsp3) is 0.364. The Hall–Kier alpha value is -2.82. The number of carbonyl (C=O) groups excluding carboxylic acids is 1. The largest absolute Gasteiger partial charge is 0.480 e. The van der Waals surface area contributed by atoms with Crippen LogP contribution >= 0.6 is 0 Å². The summed E-state index contributed by atoms with van der Waals surface area (Å²) in [7, 11) is 0. The van der Waals surface area contributed by atoms with Gasteiger partial charge >= 0.3 is 12.1 Å². The first-order valence-corrected chi connectivity index (χ1v) is 9.33. The van der Waals surface area contributed by atoms with E-state index in [1.165, 1.54) is 16.0 Å². The zero-order valence-electron chi connectivity index (χ0n) is 15.5. The van der Waals surface area contributed by atoms with Crippen molar-refractivity contribution in [2.24, 2.45) is 11.8 Å². The third kappa shape index (κ3) is 2.87. The zero-order valence-corrected chi connectivity index (χ0v) is 15.5. The number of hydrogen-bond donors (Lipinski definition) is 1. The maximum Gasteiger partial charge on any atom is 0.410 e. The van der Waals surface area contributed by atoms with E-state index in [0.717, 1.165) is 11.1 Å². The molecule has 1 heterocycles. The highest BCUT2D eigenvalue weighted by atomic mass is 16.6. The Balaban J connectivity index is 1.49. The van der Waals surface area contributed by atoms with Crippen LogP contribution in [0.15, 0.2) is 48.5 Å². The minimum absolute atomic E-state index is 0.0215. The van der Waals surface area contributed by atoms with Gasteiger partial charge in [-0.2, -0.15) is 0 Å². The Morgan fingerprint density at radius 3 is 2.15 bits per heavy atom. The van der Waals surface area contributed by atoms with E-state index in [1.54, 1.807) is 0 Å². The van der Waals surface area contributed by atoms with Crippen molar-refractivity contribution in [2.45, 2.75) is 25.8 Å². The monoisotopic (exact) mass is 365 g/mol. The Morgan fingerprint density at radius 1 is 1.07 bits per heavy atom. The molecule has 1 amide bonds. The molecule has 1 aliphatic heterocycles. The molecule has 5 heteroatoms. The van der Waals surface area contributed by atoms with Crippen molar-refractivity contribution < 1.29 is 19.4 Å². The summed E-state index contributed by atoms with van der Waals surface area (Å²) in [6.45, 7) is 4.61. The highest BCUT2D eigenvalue weighted by molar-refractivity contribution is 5.83. The minimum atomic E-state index is -0.964. The van der Waals surface area contributed by atoms with Crippen molar-refractivity contribution in [3.8, 4) is 11.1 Å². The Bertz CT molecular complexity index is 846. The third-order valence-corrected chi connectivity index (χ3v) is 5.83. The molecule has 2 aromatic rings. The number of rotatable bonds is 4. The molecule has 2 atom stereocenters. The first-order valence-electron chi connectivity index (χ1n) is 9.33. The van der Waals surface area contributed by atoms with Crippen LogP contribution in [0.2, 0.25) is 0 Å². The molecule has 0 saturated carbocycles. The first kappa shape index (κ1) is 17.6. The predicted molar refractivity (Wildman–Crippen MR) is 102 cm³/mol. The van der Waals surface area contributed by atoms with E-state index in [0.29, 0.717) is 6.54 Å². The molecular weight excluding hydrogens is 342 g/mol. The van der Waals surface area contributed by atoms with Crippen LogP contribution in [0.3, 0.4) is 0 Å². The van der Waals surface area contributed by atoms with Gasteiger partial charge in [0.2, 0.25) is 0 Å². The number of fused-ring (bicyclic) bond motifs is 3. The van der Waals surface area contributed by atoms with Gasteiger partial charge in [0.1, 0.15) is 12.6 Å². The molecule has 2 unspecified atom stereocenters. The predicted octanol–water partition coefficient (Wildman–Crippen LogP) is 3.98. The first-order chi connectivity index (χ1) is 13.0. The molecule has 1 fully saturated rings. The molecule has 2 aliphatic rings. The SMILES string of the molecule is CC(C)C1CN(C(=O)OCC2c3ccccc3-c3ccccc32)C1C(=O)O. The van der Waals surface area contributed by atoms with Crippen molar-refractivity contribution in [1.29, 1.82) is 0 Å². The number of carboxylic acid groups (broad SMARTS) is 1. The minimum Gasteiger partial charge on any atom is -0.480 e. The molecule has 27 heavy (non-hydrogen) atoms. The second kappa shape index (κ2) is 6.72. The summed E-state index contributed by atoms with van der Waals surface area (Å²) in [6.07, 6.45) is -0.541. The van der Waals surface area contributed by atoms with Crippen LogP contribution < -0.4 is 0 Å². The second-order valence-corrected chi connectivity index (χ2v) is 7.65. The summed E-state index contributed by atoms with van der Waals surface area (Å²) >= 11 is 0. The highest BCUT2D eigenvalue weighted by Crippen LogP contribution is 2.44. The molecule has 0 spiro atoms. The average Bonchev–Trinajstić information content (AvgIpc) is 2.92. The quantitative estimate of drug-likeness (QED) is 0.890. The molecule has 0 aromatic heterocycles. The molecule has 0 radical (unpaired) electrons. The molecule has 2 aromatic carbocycles. The Labute approximate surface area is 158 Å². The fourth-order valence-electron chi connectivity index (χ4n) is 4.29. The van der Waals surface area contributed by atoms with E-state index >= 15 is 0 Å². The molecule has 140 valence electrons. The van der Waals surface area contributed by atoms with Crippen LogP contribution in [0.1, 0.15) is 30.9 Å². The summed E-state index contributed by atoms with van der Waals surface area (Å²) in [5, 5.41) is 9.46. The number of hydrogen-bond acceptors (Lipinski definition) is 3. The smallest absolute Gasteiger partial charge is 0.410 e. The second-order valence-electron chi connectivity index (χ2n) is 7.65. The maximum atomic E-state index is 12.5. The fourth-order valence-corrected chi connectivity index (χ4v) is 4.29. The number of amides is 1. The van der Waals surface area contributed by atoms with Gasteiger partial charge in [-0.15, -0.1) is 0 Å². The summed E-state index contributed by atoms with van der Waals surface area (Å²) in [5.41, 5.74) is 4.62. The van der Waals surface area contributed by atoms with Gasteiger partial charge in [0.15, 0.2) is 0 Å². The summed E-state index contributed by atoms with van der Waals surface area (Å²) in [5.74, 6) is -0.799. The number of benzene rings is 2. The van der Waals surface area contributed by atoms with Crippen molar-refractivity contribution >= 4 is 12.1 Å². The summed E-state index contributed by atoms with van der Waals surface area (Å²) < 4.78 is 5.58. The Kier molecular flexibility index (Phi) is 4.38. The maximum absolute atomic E-state index is 12.5. The van der Waals surface area contributed by atoms with Gasteiger partial charge in [-0.1, -0.05) is 62.4 Å². The van der Waals surface area contributed by atoms with E-state index in [2.05, 4.69) is 24.3 Å². The lowest BCUT2D eigenvalue weighted by Crippen LogP contribution is -2.63. The lowest BCUT2D eigenvalue weighted by molar-refractivity contribution is -0.153. The van der Waals surface area contributed by atoms with E-state index < -0.39 is 18.1 Å². The van der Waals surface area contributed by atoms with Crippen LogP contribution in [0, 0.1) is 11.8 Å². The van der Waals surface area contributed by atoms with E-state index in [9.17, 15) is 14.7 Å². The molecule has 4 rings (SSSR count). The molecule has 0 bridgehead atoms. The Morgan fingerprint density at radius 2 is 1.63 bits per heavy atom. The van der Waals surface area contributed by atoms with Crippen LogP contribution in [-0.4, -0.2) is 41.3 Å². The molecule has 1 N–H and O–H groups in total. The number of nitrogens with zero attached hydrogens (tertiary/aromatic N) is 1. The van der Waals surface area contributed by atoms with Gasteiger partial charge in [-0.05, 0) is 28.2 Å². The normalized spacial score (nSPS) is 20.8. The van der Waals surface area contributed by atoms with Gasteiger partial charge in [0.05, 0.1) is 0 Å². The number of likely N-dealkylation sites (tertiary alicyclic amines) is 1. The molecular formula is C22H23NO4. The molecule has 5 nitrogen and oxygen atoms in total. The number of ether oxygens (including phenoxy) is 1. The van der Waals surface area contributed by atoms with E-state index in [-0.39, 0.29) is 24.4 Å². The zero-order chi connectivity index (χ0) is 19.1. The van der Waals surface area contributed by atoms with Crippen LogP contribution in [0.25, 0.3) is 11.1 Å². The molecule has 1 saturated heterocycles. The lowest BCUT2D eigenvalue weighted by Gasteiger charge is -2.46. The van der Waals surface area contributed by atoms with Crippen molar-refractivity contribution in [1.82, 2.24) is 4.90 Å². The number of aliphatic carboxylic acids is 1. The van der Waals surface area contributed by atoms with Crippen LogP contribution in [-0.2, 0) is 9.53 Å². The lowest BCUT2D eigenvalue weighted by atomic mass is 9.80. The van der Waals surface area contributed by atoms with Gasteiger partial charge in [-0.3, -0.25) is 4.90 Å². The number of carbonyl (C=O) groups is 2. The summed E-state index contributed by atoms with van der Waals surface area (Å²) in [4.78, 5) is 25.4. The van der Waals surface area contributed by atoms with Crippen LogP contribution in [0.4, 0.5) is 4.79 Å². The van der Waals surface area contributed by atoms with Gasteiger partial charge in [0, 0.05) is 18.4 Å². The highest BCUT2D eigenvalue weighted by Gasteiger charge is 2.48. The van der Waals surface area contributed by atoms with E-state index in [4.69, 9.17) is 4.74 Å². The summed E-state index contributed by atoms with van der Waals surface area (Å²) in [6, 6.07) is 15.5. The van der Waals surface area contributed by atoms with Gasteiger partial charge < -0.3 is 9.84 Å². The topological polar surface area (TPSA) is 66.8 Å². The third-order valence-electron chi connectivity index (χ3n) is 5.83. The molecule has 1 aliphatic carbocycles. The number of carboxylic acids is 1. The standard InChI is InChI=1S/C22H23NO4/c1-13(2)18-11-23(20(18)21(24)25)22(26)27-12-19-16-9-5-3-7-14(16)15-8-4-6-10-17(15)19/h3-10,13,18-20H,11-12H2,1-2H3,(H,24,25). The van der Waals surface area contributed by atoms with Crippen molar-refractivity contribution in [2.75, 3.05) is 13.2 Å². The van der Waals surface area contributed by atoms with Gasteiger partial charge in [0.25, 0.3) is 0 Å². The van der Waals surface area contributed by atoms with Crippen molar-refractivity contribution in [3.63, 3.8) is 0 Å². The van der Waals surface area contributed by atoms with E-state index in [1.807, 2.05) is 38.1 Å². The van der Waals surface area contributed by atoms with Crippen molar-refractivity contribution in [3.05, 3.63) is 59.7 Å².